The number of pyridine rings is 1. The Morgan fingerprint density at radius 2 is 2.10 bits per heavy atom. The first-order valence-corrected chi connectivity index (χ1v) is 9.82. The molecular weight excluding hydrogens is 389 g/mol. The number of nitrogens with zero attached hydrogens (tertiary/aromatic N) is 2. The van der Waals surface area contributed by atoms with E-state index in [-0.39, 0.29) is 29.4 Å². The van der Waals surface area contributed by atoms with E-state index >= 15 is 0 Å². The summed E-state index contributed by atoms with van der Waals surface area (Å²) in [6.45, 7) is 2.60. The number of aromatic hydroxyl groups is 1. The topological polar surface area (TPSA) is 91.6 Å². The highest BCUT2D eigenvalue weighted by Crippen LogP contribution is 2.29. The number of halogens is 1. The molecule has 0 saturated heterocycles. The number of hydrogen-bond donors (Lipinski definition) is 2. The van der Waals surface area contributed by atoms with Crippen molar-refractivity contribution in [2.45, 2.75) is 32.4 Å². The van der Waals surface area contributed by atoms with Crippen molar-refractivity contribution < 1.29 is 19.1 Å². The van der Waals surface area contributed by atoms with Crippen molar-refractivity contribution in [1.29, 1.82) is 0 Å². The lowest BCUT2D eigenvalue weighted by Gasteiger charge is -2.37. The minimum Gasteiger partial charge on any atom is -0.503 e. The van der Waals surface area contributed by atoms with Crippen LogP contribution in [0.15, 0.2) is 41.3 Å². The second-order valence-corrected chi connectivity index (χ2v) is 7.65. The fourth-order valence-electron chi connectivity index (χ4n) is 3.91. The van der Waals surface area contributed by atoms with Crippen LogP contribution in [-0.2, 0) is 6.54 Å². The van der Waals surface area contributed by atoms with E-state index < -0.39 is 28.8 Å². The Morgan fingerprint density at radius 3 is 2.87 bits per heavy atom. The summed E-state index contributed by atoms with van der Waals surface area (Å²) in [5, 5.41) is 13.0. The van der Waals surface area contributed by atoms with Crippen LogP contribution in [0.2, 0.25) is 0 Å². The molecule has 2 N–H and O–H groups in total. The molecule has 0 saturated carbocycles. The van der Waals surface area contributed by atoms with Gasteiger partial charge in [0.2, 0.25) is 5.43 Å². The number of aryl methyl sites for hydroxylation is 1. The van der Waals surface area contributed by atoms with Gasteiger partial charge >= 0.3 is 0 Å². The molecule has 0 aliphatic carbocycles. The molecule has 4 rings (SSSR count). The van der Waals surface area contributed by atoms with Crippen molar-refractivity contribution in [3.05, 3.63) is 75.0 Å². The van der Waals surface area contributed by atoms with Gasteiger partial charge in [0.25, 0.3) is 11.8 Å². The number of allylic oxidation sites excluding steroid dienone is 1. The van der Waals surface area contributed by atoms with E-state index in [0.29, 0.717) is 25.9 Å². The Morgan fingerprint density at radius 1 is 1.30 bits per heavy atom. The Hall–Kier alpha value is -3.42. The summed E-state index contributed by atoms with van der Waals surface area (Å²) in [4.78, 5) is 39.7. The van der Waals surface area contributed by atoms with Gasteiger partial charge in [-0.1, -0.05) is 24.3 Å². The van der Waals surface area contributed by atoms with E-state index in [1.54, 1.807) is 24.0 Å². The first-order valence-electron chi connectivity index (χ1n) is 9.82. The van der Waals surface area contributed by atoms with Crippen LogP contribution in [0.4, 0.5) is 4.39 Å². The summed E-state index contributed by atoms with van der Waals surface area (Å²) in [7, 11) is 0. The number of nitrogens with one attached hydrogen (secondary N) is 1. The number of hydrogen-bond acceptors (Lipinski definition) is 4. The van der Waals surface area contributed by atoms with Gasteiger partial charge in [-0.3, -0.25) is 14.4 Å². The Labute approximate surface area is 172 Å². The van der Waals surface area contributed by atoms with E-state index in [1.165, 1.54) is 16.8 Å². The lowest BCUT2D eigenvalue weighted by Crippen LogP contribution is -2.45. The quantitative estimate of drug-likeness (QED) is 0.758. The predicted molar refractivity (Wildman–Crippen MR) is 108 cm³/mol. The van der Waals surface area contributed by atoms with Crippen LogP contribution in [0.1, 0.15) is 50.9 Å². The molecule has 2 aromatic rings. The zero-order valence-corrected chi connectivity index (χ0v) is 16.5. The molecule has 156 valence electrons. The number of aromatic nitrogens is 1. The van der Waals surface area contributed by atoms with Crippen molar-refractivity contribution in [2.24, 2.45) is 0 Å². The maximum absolute atomic E-state index is 14.0. The third kappa shape index (κ3) is 3.49. The summed E-state index contributed by atoms with van der Waals surface area (Å²) in [6, 6.07) is 4.46. The van der Waals surface area contributed by atoms with Gasteiger partial charge in [-0.2, -0.15) is 0 Å². The van der Waals surface area contributed by atoms with Crippen LogP contribution in [-0.4, -0.2) is 39.5 Å². The summed E-state index contributed by atoms with van der Waals surface area (Å²) in [5.41, 5.74) is -0.243. The van der Waals surface area contributed by atoms with Gasteiger partial charge in [-0.05, 0) is 31.4 Å². The van der Waals surface area contributed by atoms with Crippen molar-refractivity contribution in [2.75, 3.05) is 13.1 Å². The summed E-state index contributed by atoms with van der Waals surface area (Å²) in [5.74, 6) is -2.34. The second kappa shape index (κ2) is 7.78. The smallest absolute Gasteiger partial charge is 0.274 e. The molecule has 8 heteroatoms. The molecular formula is C22H22FN3O4. The number of amides is 2. The molecule has 1 aromatic heterocycles. The molecule has 3 heterocycles. The standard InChI is InChI=1S/C22H22FN3O4/c1-13-6-7-14(17(23)9-13)10-24-21(29)16-12-26-15-5-3-2-4-8-25(11-15)22(30)18(26)20(28)19(16)27/h2-3,6-7,9,12,15,28H,4-5,8,10-11H2,1H3,(H,24,29)/b3-2-. The minimum absolute atomic E-state index is 0.0901. The molecule has 1 unspecified atom stereocenters. The molecule has 2 aliphatic rings. The van der Waals surface area contributed by atoms with Crippen molar-refractivity contribution in [3.63, 3.8) is 0 Å². The van der Waals surface area contributed by atoms with Gasteiger partial charge < -0.3 is 19.9 Å². The number of carbonyl (C=O) groups excluding carboxylic acids is 2. The largest absolute Gasteiger partial charge is 0.503 e. The first-order chi connectivity index (χ1) is 14.4. The van der Waals surface area contributed by atoms with Crippen LogP contribution < -0.4 is 10.7 Å². The van der Waals surface area contributed by atoms with Gasteiger partial charge in [-0.25, -0.2) is 4.39 Å². The Bertz CT molecular complexity index is 1120. The van der Waals surface area contributed by atoms with Crippen molar-refractivity contribution in [1.82, 2.24) is 14.8 Å². The fourth-order valence-corrected chi connectivity index (χ4v) is 3.91. The fraction of sp³-hybridized carbons (Fsp3) is 0.318. The van der Waals surface area contributed by atoms with Gasteiger partial charge in [0.15, 0.2) is 11.4 Å². The van der Waals surface area contributed by atoms with Gasteiger partial charge in [0, 0.05) is 31.4 Å². The molecule has 1 aromatic carbocycles. The number of rotatable bonds is 3. The average molecular weight is 411 g/mol. The Balaban J connectivity index is 1.67. The summed E-state index contributed by atoms with van der Waals surface area (Å²) < 4.78 is 15.5. The average Bonchev–Trinajstić information content (AvgIpc) is 2.68. The normalized spacial score (nSPS) is 18.9. The molecule has 0 spiro atoms. The van der Waals surface area contributed by atoms with E-state index in [2.05, 4.69) is 5.32 Å². The molecule has 1 atom stereocenters. The molecule has 2 bridgehead atoms. The van der Waals surface area contributed by atoms with E-state index in [0.717, 1.165) is 5.56 Å². The molecule has 30 heavy (non-hydrogen) atoms. The van der Waals surface area contributed by atoms with Crippen molar-refractivity contribution >= 4 is 11.8 Å². The van der Waals surface area contributed by atoms with E-state index in [9.17, 15) is 23.9 Å². The van der Waals surface area contributed by atoms with Crippen LogP contribution >= 0.6 is 0 Å². The highest BCUT2D eigenvalue weighted by Gasteiger charge is 2.35. The molecule has 0 fully saturated rings. The van der Waals surface area contributed by atoms with Gasteiger partial charge in [0.1, 0.15) is 11.4 Å². The lowest BCUT2D eigenvalue weighted by atomic mass is 10.0. The van der Waals surface area contributed by atoms with Crippen LogP contribution in [0, 0.1) is 12.7 Å². The van der Waals surface area contributed by atoms with E-state index in [1.807, 2.05) is 12.2 Å². The highest BCUT2D eigenvalue weighted by molar-refractivity contribution is 5.99. The maximum Gasteiger partial charge on any atom is 0.274 e. The minimum atomic E-state index is -0.912. The second-order valence-electron chi connectivity index (χ2n) is 7.65. The third-order valence-corrected chi connectivity index (χ3v) is 5.56. The van der Waals surface area contributed by atoms with Crippen LogP contribution in [0.3, 0.4) is 0 Å². The van der Waals surface area contributed by atoms with Gasteiger partial charge in [-0.15, -0.1) is 0 Å². The molecule has 2 amide bonds. The third-order valence-electron chi connectivity index (χ3n) is 5.56. The molecule has 0 radical (unpaired) electrons. The zero-order valence-electron chi connectivity index (χ0n) is 16.5. The molecule has 7 nitrogen and oxygen atoms in total. The first kappa shape index (κ1) is 19.9. The van der Waals surface area contributed by atoms with E-state index in [4.69, 9.17) is 0 Å². The summed E-state index contributed by atoms with van der Waals surface area (Å²) in [6.07, 6.45) is 6.63. The number of fused-ring (bicyclic) bond motifs is 4. The SMILES string of the molecule is Cc1ccc(CNC(=O)c2cn3c(c(O)c2=O)C(=O)N2CC/C=C\CC3C2)c(F)c1. The zero-order chi connectivity index (χ0) is 21.4. The highest BCUT2D eigenvalue weighted by atomic mass is 19.1. The number of benzene rings is 1. The maximum atomic E-state index is 14.0. The van der Waals surface area contributed by atoms with Gasteiger partial charge in [0.05, 0.1) is 6.04 Å². The summed E-state index contributed by atoms with van der Waals surface area (Å²) >= 11 is 0. The Kier molecular flexibility index (Phi) is 5.15. The lowest BCUT2D eigenvalue weighted by molar-refractivity contribution is 0.0659. The monoisotopic (exact) mass is 411 g/mol. The molecule has 2 aliphatic heterocycles. The number of carbonyl (C=O) groups is 2. The van der Waals surface area contributed by atoms with Crippen molar-refractivity contribution in [3.8, 4) is 5.75 Å². The van der Waals surface area contributed by atoms with Crippen LogP contribution in [0.25, 0.3) is 0 Å². The predicted octanol–water partition coefficient (Wildman–Crippen LogP) is 2.28. The van der Waals surface area contributed by atoms with Crippen LogP contribution in [0.5, 0.6) is 5.75 Å².